The zero-order chi connectivity index (χ0) is 28.9. The number of nitrogens with zero attached hydrogens (tertiary/aromatic N) is 2. The largest absolute Gasteiger partial charge is 0.494 e. The van der Waals surface area contributed by atoms with E-state index in [0.717, 1.165) is 11.6 Å². The Morgan fingerprint density at radius 3 is 2.48 bits per heavy atom. The van der Waals surface area contributed by atoms with Gasteiger partial charge in [-0.05, 0) is 36.2 Å². The van der Waals surface area contributed by atoms with Gasteiger partial charge >= 0.3 is 6.18 Å². The molecular weight excluding hydrogens is 529 g/mol. The zero-order valence-corrected chi connectivity index (χ0v) is 21.9. The second-order valence-corrected chi connectivity index (χ2v) is 9.13. The number of pyridine rings is 1. The van der Waals surface area contributed by atoms with Crippen LogP contribution in [-0.4, -0.2) is 46.8 Å². The van der Waals surface area contributed by atoms with Gasteiger partial charge in [0.05, 0.1) is 39.0 Å². The minimum absolute atomic E-state index is 0.0274. The molecule has 1 amide bonds. The van der Waals surface area contributed by atoms with E-state index < -0.39 is 29.9 Å². The van der Waals surface area contributed by atoms with Gasteiger partial charge in [-0.15, -0.1) is 0 Å². The van der Waals surface area contributed by atoms with E-state index in [1.54, 1.807) is 13.0 Å². The fourth-order valence-electron chi connectivity index (χ4n) is 4.15. The Morgan fingerprint density at radius 2 is 1.85 bits per heavy atom. The maximum Gasteiger partial charge on any atom is 0.433 e. The van der Waals surface area contributed by atoms with Crippen LogP contribution in [0.2, 0.25) is 0 Å². The fraction of sp³-hybridized carbons (Fsp3) is 0.321. The molecule has 0 aliphatic carbocycles. The van der Waals surface area contributed by atoms with Crippen molar-refractivity contribution in [2.24, 2.45) is 5.73 Å². The van der Waals surface area contributed by atoms with E-state index in [0.29, 0.717) is 12.0 Å². The first-order chi connectivity index (χ1) is 19.1. The molecule has 40 heavy (non-hydrogen) atoms. The van der Waals surface area contributed by atoms with Crippen LogP contribution in [0, 0.1) is 0 Å². The summed E-state index contributed by atoms with van der Waals surface area (Å²) >= 11 is 0. The summed E-state index contributed by atoms with van der Waals surface area (Å²) in [4.78, 5) is 21.4. The Bertz CT molecular complexity index is 1470. The predicted octanol–water partition coefficient (Wildman–Crippen LogP) is 4.46. The number of carbonyl (C=O) groups excluding carboxylic acids is 1. The van der Waals surface area contributed by atoms with Crippen molar-refractivity contribution in [1.82, 2.24) is 15.3 Å². The summed E-state index contributed by atoms with van der Waals surface area (Å²) in [5.74, 6) is -0.500. The van der Waals surface area contributed by atoms with E-state index in [1.807, 2.05) is 30.3 Å². The maximum atomic E-state index is 13.3. The number of benzene rings is 2. The quantitative estimate of drug-likeness (QED) is 0.246. The number of halogens is 3. The number of hydrogen-bond acceptors (Lipinski definition) is 8. The fourth-order valence-corrected chi connectivity index (χ4v) is 4.15. The molecule has 0 aliphatic heterocycles. The number of alkyl halides is 3. The molecule has 2 aromatic heterocycles. The number of aromatic nitrogens is 2. The molecular formula is C28H29F3N4O5. The molecule has 0 bridgehead atoms. The van der Waals surface area contributed by atoms with E-state index in [2.05, 4.69) is 15.3 Å². The second-order valence-electron chi connectivity index (χ2n) is 9.13. The van der Waals surface area contributed by atoms with Crippen LogP contribution in [0.1, 0.15) is 40.9 Å². The van der Waals surface area contributed by atoms with Gasteiger partial charge in [-0.1, -0.05) is 37.3 Å². The number of nitrogens with one attached hydrogen (secondary N) is 1. The topological polar surface area (TPSA) is 133 Å². The molecule has 1 unspecified atom stereocenters. The van der Waals surface area contributed by atoms with Crippen LogP contribution in [0.4, 0.5) is 13.2 Å². The van der Waals surface area contributed by atoms with Gasteiger partial charge in [-0.25, -0.2) is 9.97 Å². The molecule has 4 N–H and O–H groups in total. The molecule has 0 saturated heterocycles. The van der Waals surface area contributed by atoms with Gasteiger partial charge in [0.25, 0.3) is 5.91 Å². The normalized spacial score (nSPS) is 13.3. The van der Waals surface area contributed by atoms with E-state index >= 15 is 0 Å². The maximum absolute atomic E-state index is 13.3. The molecule has 0 radical (unpaired) electrons. The lowest BCUT2D eigenvalue weighted by atomic mass is 9.98. The number of aliphatic hydroxyl groups excluding tert-OH is 1. The third kappa shape index (κ3) is 6.09. The first-order valence-electron chi connectivity index (χ1n) is 12.4. The van der Waals surface area contributed by atoms with Crippen LogP contribution in [0.25, 0.3) is 22.4 Å². The lowest BCUT2D eigenvalue weighted by Gasteiger charge is -2.31. The lowest BCUT2D eigenvalue weighted by molar-refractivity contribution is -0.140. The standard InChI is InChI=1S/C28H29F3N4O5/c1-3-27(15-36,16-39-14-17-7-5-4-6-8-17)35-25(37)24-21(13-32)40-26(34-24)19-9-11-20(38-2)23-18(19)10-12-22(33-23)28(29,30)31/h4-12,36H,3,13-16,32H2,1-2H3,(H,35,37). The number of hydrogen-bond donors (Lipinski definition) is 3. The van der Waals surface area contributed by atoms with Crippen LogP contribution in [0.5, 0.6) is 5.75 Å². The Hall–Kier alpha value is -4.00. The molecule has 4 rings (SSSR count). The number of amides is 1. The van der Waals surface area contributed by atoms with Crippen molar-refractivity contribution >= 4 is 16.8 Å². The number of aliphatic hydroxyl groups is 1. The molecule has 0 saturated carbocycles. The van der Waals surface area contributed by atoms with E-state index in [-0.39, 0.29) is 53.8 Å². The first kappa shape index (κ1) is 29.0. The predicted molar refractivity (Wildman–Crippen MR) is 140 cm³/mol. The minimum Gasteiger partial charge on any atom is -0.494 e. The Morgan fingerprint density at radius 1 is 1.10 bits per heavy atom. The highest BCUT2D eigenvalue weighted by molar-refractivity contribution is 5.98. The molecule has 0 fully saturated rings. The van der Waals surface area contributed by atoms with E-state index in [4.69, 9.17) is 19.6 Å². The molecule has 0 aliphatic rings. The Balaban J connectivity index is 1.63. The summed E-state index contributed by atoms with van der Waals surface area (Å²) < 4.78 is 56.7. The number of carbonyl (C=O) groups is 1. The van der Waals surface area contributed by atoms with Crippen molar-refractivity contribution in [3.63, 3.8) is 0 Å². The average Bonchev–Trinajstić information content (AvgIpc) is 3.40. The van der Waals surface area contributed by atoms with Gasteiger partial charge < -0.3 is 30.0 Å². The van der Waals surface area contributed by atoms with Crippen molar-refractivity contribution < 1.29 is 37.0 Å². The van der Waals surface area contributed by atoms with Crippen molar-refractivity contribution in [3.05, 3.63) is 77.3 Å². The molecule has 12 heteroatoms. The molecule has 0 spiro atoms. The Labute approximate surface area is 228 Å². The molecule has 4 aromatic rings. The summed E-state index contributed by atoms with van der Waals surface area (Å²) in [5, 5.41) is 13.2. The Kier molecular flexibility index (Phi) is 8.72. The number of nitrogens with two attached hydrogens (primary N) is 1. The molecule has 1 atom stereocenters. The number of rotatable bonds is 11. The summed E-state index contributed by atoms with van der Waals surface area (Å²) in [6.45, 7) is 1.53. The number of oxazole rings is 1. The second kappa shape index (κ2) is 12.0. The lowest BCUT2D eigenvalue weighted by Crippen LogP contribution is -2.54. The van der Waals surface area contributed by atoms with Gasteiger partial charge in [0.2, 0.25) is 5.89 Å². The van der Waals surface area contributed by atoms with Crippen molar-refractivity contribution in [3.8, 4) is 17.2 Å². The summed E-state index contributed by atoms with van der Waals surface area (Å²) in [6, 6.07) is 14.5. The highest BCUT2D eigenvalue weighted by Crippen LogP contribution is 2.37. The number of fused-ring (bicyclic) bond motifs is 1. The smallest absolute Gasteiger partial charge is 0.433 e. The van der Waals surface area contributed by atoms with Crippen LogP contribution in [0.15, 0.2) is 59.0 Å². The van der Waals surface area contributed by atoms with Gasteiger partial charge in [0.15, 0.2) is 11.5 Å². The van der Waals surface area contributed by atoms with Crippen molar-refractivity contribution in [1.29, 1.82) is 0 Å². The summed E-state index contributed by atoms with van der Waals surface area (Å²) in [6.07, 6.45) is -4.30. The van der Waals surface area contributed by atoms with Crippen LogP contribution < -0.4 is 15.8 Å². The van der Waals surface area contributed by atoms with E-state index in [1.165, 1.54) is 19.2 Å². The molecule has 2 aromatic carbocycles. The van der Waals surface area contributed by atoms with Gasteiger partial charge in [-0.3, -0.25) is 4.79 Å². The molecule has 2 heterocycles. The van der Waals surface area contributed by atoms with Crippen molar-refractivity contribution in [2.45, 2.75) is 38.2 Å². The van der Waals surface area contributed by atoms with Gasteiger partial charge in [0, 0.05) is 10.9 Å². The van der Waals surface area contributed by atoms with Gasteiger partial charge in [0.1, 0.15) is 17.0 Å². The monoisotopic (exact) mass is 558 g/mol. The summed E-state index contributed by atoms with van der Waals surface area (Å²) in [7, 11) is 1.32. The van der Waals surface area contributed by atoms with Crippen molar-refractivity contribution in [2.75, 3.05) is 20.3 Å². The third-order valence-corrected chi connectivity index (χ3v) is 6.51. The highest BCUT2D eigenvalue weighted by atomic mass is 19.4. The average molecular weight is 559 g/mol. The van der Waals surface area contributed by atoms with Crippen LogP contribution in [0.3, 0.4) is 0 Å². The minimum atomic E-state index is -4.65. The number of ether oxygens (including phenoxy) is 2. The zero-order valence-electron chi connectivity index (χ0n) is 21.9. The van der Waals surface area contributed by atoms with E-state index in [9.17, 15) is 23.1 Å². The molecule has 9 nitrogen and oxygen atoms in total. The van der Waals surface area contributed by atoms with Crippen LogP contribution >= 0.6 is 0 Å². The third-order valence-electron chi connectivity index (χ3n) is 6.51. The van der Waals surface area contributed by atoms with Crippen LogP contribution in [-0.2, 0) is 24.1 Å². The summed E-state index contributed by atoms with van der Waals surface area (Å²) in [5.41, 5.74) is 4.71. The number of methoxy groups -OCH3 is 1. The van der Waals surface area contributed by atoms with Gasteiger partial charge in [-0.2, -0.15) is 13.2 Å². The SMILES string of the molecule is CCC(CO)(COCc1ccccc1)NC(=O)c1nc(-c2ccc(OC)c3nc(C(F)(F)F)ccc23)oc1CN. The highest BCUT2D eigenvalue weighted by Gasteiger charge is 2.34. The molecule has 212 valence electrons. The first-order valence-corrected chi connectivity index (χ1v) is 12.4.